The lowest BCUT2D eigenvalue weighted by Gasteiger charge is -2.40. The average molecular weight is 1050 g/mol. The molecular weight excluding hydrogens is 931 g/mol. The van der Waals surface area contributed by atoms with Crippen molar-refractivity contribution < 1.29 is 50.0 Å². The Bertz CT molecular complexity index is 1380. The van der Waals surface area contributed by atoms with Crippen LogP contribution >= 0.6 is 0 Å². The van der Waals surface area contributed by atoms with E-state index >= 15 is 0 Å². The molecule has 0 aliphatic carbocycles. The summed E-state index contributed by atoms with van der Waals surface area (Å²) in [4.78, 5) is 13.2. The molecule has 9 atom stereocenters. The van der Waals surface area contributed by atoms with E-state index in [1.54, 1.807) is 0 Å². The summed E-state index contributed by atoms with van der Waals surface area (Å²) >= 11 is 0. The van der Waals surface area contributed by atoms with Gasteiger partial charge in [-0.2, -0.15) is 0 Å². The second kappa shape index (κ2) is 51.6. The average Bonchev–Trinajstić information content (AvgIpc) is 3.40. The molecular formula is C63H115NO10. The SMILES string of the molecule is CC/C=C\C/C=C\CCCCCCCCCCCCCCCC(O)C(=O)NC(COC1OC(CO)C(O)C(O)C1O)C(O)C(O)CCC/C=C/CC/C=C/CC/C=C/CCCCCCCCCCCCCCCC. The molecule has 0 aromatic carbocycles. The third kappa shape index (κ3) is 39.2. The molecule has 0 bridgehead atoms. The van der Waals surface area contributed by atoms with Gasteiger partial charge < -0.3 is 50.5 Å². The highest BCUT2D eigenvalue weighted by molar-refractivity contribution is 5.80. The van der Waals surface area contributed by atoms with Gasteiger partial charge in [-0.1, -0.05) is 235 Å². The summed E-state index contributed by atoms with van der Waals surface area (Å²) < 4.78 is 11.1. The monoisotopic (exact) mass is 1050 g/mol. The second-order valence-electron chi connectivity index (χ2n) is 21.4. The van der Waals surface area contributed by atoms with Crippen LogP contribution in [-0.4, -0.2) is 110 Å². The molecule has 11 heteroatoms. The van der Waals surface area contributed by atoms with Gasteiger partial charge in [-0.3, -0.25) is 4.79 Å². The number of unbranched alkanes of at least 4 members (excludes halogenated alkanes) is 30. The molecule has 1 amide bonds. The summed E-state index contributed by atoms with van der Waals surface area (Å²) in [7, 11) is 0. The second-order valence-corrected chi connectivity index (χ2v) is 21.4. The van der Waals surface area contributed by atoms with Crippen LogP contribution < -0.4 is 5.32 Å². The molecule has 11 nitrogen and oxygen atoms in total. The quantitative estimate of drug-likeness (QED) is 0.0215. The molecule has 432 valence electrons. The van der Waals surface area contributed by atoms with Crippen molar-refractivity contribution in [3.8, 4) is 0 Å². The minimum atomic E-state index is -1.68. The summed E-state index contributed by atoms with van der Waals surface area (Å²) in [5.74, 6) is -0.713. The van der Waals surface area contributed by atoms with Gasteiger partial charge in [0, 0.05) is 0 Å². The van der Waals surface area contributed by atoms with Gasteiger partial charge in [0.25, 0.3) is 0 Å². The Morgan fingerprint density at radius 3 is 1.35 bits per heavy atom. The van der Waals surface area contributed by atoms with Crippen LogP contribution in [0.3, 0.4) is 0 Å². The van der Waals surface area contributed by atoms with Crippen LogP contribution in [0.5, 0.6) is 0 Å². The number of hydrogen-bond donors (Lipinski definition) is 8. The summed E-state index contributed by atoms with van der Waals surface area (Å²) in [6.45, 7) is 3.35. The van der Waals surface area contributed by atoms with Crippen molar-refractivity contribution in [3.05, 3.63) is 60.8 Å². The first-order valence-electron chi connectivity index (χ1n) is 30.7. The van der Waals surface area contributed by atoms with E-state index in [0.29, 0.717) is 19.3 Å². The molecule has 0 saturated carbocycles. The largest absolute Gasteiger partial charge is 0.394 e. The molecule has 9 unspecified atom stereocenters. The Hall–Kier alpha value is -2.19. The fourth-order valence-corrected chi connectivity index (χ4v) is 9.57. The number of carbonyl (C=O) groups excluding carboxylic acids is 1. The molecule has 1 heterocycles. The number of rotatable bonds is 52. The topological polar surface area (TPSA) is 189 Å². The Kier molecular flexibility index (Phi) is 48.7. The first kappa shape index (κ1) is 69.8. The van der Waals surface area contributed by atoms with Gasteiger partial charge in [-0.15, -0.1) is 0 Å². The van der Waals surface area contributed by atoms with Crippen molar-refractivity contribution in [3.63, 3.8) is 0 Å². The van der Waals surface area contributed by atoms with E-state index in [4.69, 9.17) is 9.47 Å². The van der Waals surface area contributed by atoms with Crippen LogP contribution in [0.4, 0.5) is 0 Å². The van der Waals surface area contributed by atoms with Crippen molar-refractivity contribution in [1.82, 2.24) is 5.32 Å². The number of amides is 1. The molecule has 1 fully saturated rings. The zero-order chi connectivity index (χ0) is 54.0. The van der Waals surface area contributed by atoms with Crippen LogP contribution in [0, 0.1) is 0 Å². The maximum absolute atomic E-state index is 13.2. The predicted octanol–water partition coefficient (Wildman–Crippen LogP) is 13.4. The third-order valence-electron chi connectivity index (χ3n) is 14.5. The molecule has 1 aliphatic heterocycles. The zero-order valence-corrected chi connectivity index (χ0v) is 47.3. The van der Waals surface area contributed by atoms with E-state index in [0.717, 1.165) is 57.8 Å². The standard InChI is InChI=1S/C63H115NO10/c1-3-5-7-9-11-13-15-17-19-21-23-25-26-27-28-29-30-31-33-34-36-38-40-42-44-46-48-50-55(66)58(68)54(53-73-63-61(71)60(70)59(69)57(52-65)74-63)64-62(72)56(67)51-49-47-45-43-41-39-37-35-32-24-22-20-18-16-14-12-10-8-6-4-2/h6,8,12,14,29-30,34,36,42,44,54-61,63,65-71H,3-5,7,9-11,13,15-28,31-33,35,37-41,43,45-53H2,1-2H3,(H,64,72)/b8-6-,14-12-,30-29+,36-34+,44-42+. The molecule has 0 aromatic heterocycles. The maximum atomic E-state index is 13.2. The Morgan fingerprint density at radius 2 is 0.892 bits per heavy atom. The third-order valence-corrected chi connectivity index (χ3v) is 14.5. The van der Waals surface area contributed by atoms with Gasteiger partial charge in [0.1, 0.15) is 36.6 Å². The van der Waals surface area contributed by atoms with Gasteiger partial charge in [0.05, 0.1) is 25.4 Å². The van der Waals surface area contributed by atoms with Crippen LogP contribution in [-0.2, 0) is 14.3 Å². The van der Waals surface area contributed by atoms with Crippen LogP contribution in [0.1, 0.15) is 264 Å². The molecule has 0 spiro atoms. The zero-order valence-electron chi connectivity index (χ0n) is 47.3. The van der Waals surface area contributed by atoms with Gasteiger partial charge in [-0.05, 0) is 89.9 Å². The molecule has 1 rings (SSSR count). The fourth-order valence-electron chi connectivity index (χ4n) is 9.57. The van der Waals surface area contributed by atoms with E-state index in [1.807, 2.05) is 0 Å². The first-order valence-corrected chi connectivity index (χ1v) is 30.7. The highest BCUT2D eigenvalue weighted by Crippen LogP contribution is 2.23. The van der Waals surface area contributed by atoms with Gasteiger partial charge in [0.2, 0.25) is 5.91 Å². The summed E-state index contributed by atoms with van der Waals surface area (Å²) in [5, 5.41) is 76.2. The number of aliphatic hydroxyl groups is 7. The van der Waals surface area contributed by atoms with Gasteiger partial charge in [-0.25, -0.2) is 0 Å². The van der Waals surface area contributed by atoms with Crippen molar-refractivity contribution in [1.29, 1.82) is 0 Å². The molecule has 0 aromatic rings. The van der Waals surface area contributed by atoms with Crippen molar-refractivity contribution >= 4 is 5.91 Å². The Morgan fingerprint density at radius 1 is 0.486 bits per heavy atom. The molecule has 1 aliphatic rings. The van der Waals surface area contributed by atoms with E-state index in [9.17, 15) is 40.5 Å². The number of aliphatic hydroxyl groups excluding tert-OH is 7. The van der Waals surface area contributed by atoms with Gasteiger partial charge >= 0.3 is 0 Å². The summed E-state index contributed by atoms with van der Waals surface area (Å²) in [6.07, 6.45) is 55.7. The molecule has 1 saturated heterocycles. The summed E-state index contributed by atoms with van der Waals surface area (Å²) in [6, 6.07) is -1.20. The lowest BCUT2D eigenvalue weighted by Crippen LogP contribution is -2.60. The molecule has 0 radical (unpaired) electrons. The van der Waals surface area contributed by atoms with Crippen LogP contribution in [0.25, 0.3) is 0 Å². The highest BCUT2D eigenvalue weighted by Gasteiger charge is 2.44. The van der Waals surface area contributed by atoms with Crippen LogP contribution in [0.15, 0.2) is 60.8 Å². The maximum Gasteiger partial charge on any atom is 0.249 e. The normalized spacial score (nSPS) is 20.3. The number of hydrogen-bond acceptors (Lipinski definition) is 10. The minimum absolute atomic E-state index is 0.240. The van der Waals surface area contributed by atoms with Crippen molar-refractivity contribution in [2.75, 3.05) is 13.2 Å². The van der Waals surface area contributed by atoms with E-state index in [-0.39, 0.29) is 12.8 Å². The Labute approximate surface area is 452 Å². The highest BCUT2D eigenvalue weighted by atomic mass is 16.7. The summed E-state index contributed by atoms with van der Waals surface area (Å²) in [5.41, 5.74) is 0. The van der Waals surface area contributed by atoms with E-state index in [1.165, 1.54) is 161 Å². The molecule has 8 N–H and O–H groups in total. The van der Waals surface area contributed by atoms with Crippen molar-refractivity contribution in [2.24, 2.45) is 0 Å². The lowest BCUT2D eigenvalue weighted by molar-refractivity contribution is -0.303. The van der Waals surface area contributed by atoms with Crippen molar-refractivity contribution in [2.45, 2.75) is 319 Å². The first-order chi connectivity index (χ1) is 36.2. The number of nitrogens with one attached hydrogen (secondary N) is 1. The van der Waals surface area contributed by atoms with Crippen LogP contribution in [0.2, 0.25) is 0 Å². The number of allylic oxidation sites excluding steroid dienone is 10. The predicted molar refractivity (Wildman–Crippen MR) is 307 cm³/mol. The van der Waals surface area contributed by atoms with E-state index in [2.05, 4.69) is 79.9 Å². The Balaban J connectivity index is 2.32. The minimum Gasteiger partial charge on any atom is -0.394 e. The van der Waals surface area contributed by atoms with Gasteiger partial charge in [0.15, 0.2) is 6.29 Å². The van der Waals surface area contributed by atoms with E-state index < -0.39 is 74.2 Å². The fraction of sp³-hybridized carbons (Fsp3) is 0.825. The lowest BCUT2D eigenvalue weighted by atomic mass is 9.98. The number of ether oxygens (including phenoxy) is 2. The smallest absolute Gasteiger partial charge is 0.249 e. The number of carbonyl (C=O) groups is 1. The molecule has 74 heavy (non-hydrogen) atoms.